The van der Waals surface area contributed by atoms with Gasteiger partial charge in [-0.15, -0.1) is 0 Å². The fourth-order valence-electron chi connectivity index (χ4n) is 5.69. The van der Waals surface area contributed by atoms with Crippen LogP contribution in [-0.2, 0) is 6.54 Å². The molecule has 5 heteroatoms. The van der Waals surface area contributed by atoms with E-state index in [9.17, 15) is 4.39 Å². The second-order valence-corrected chi connectivity index (χ2v) is 11.8. The molecule has 1 aliphatic carbocycles. The summed E-state index contributed by atoms with van der Waals surface area (Å²) < 4.78 is 20.4. The number of benzene rings is 3. The largest absolute Gasteiger partial charge is 0.490 e. The van der Waals surface area contributed by atoms with Crippen LogP contribution in [-0.4, -0.2) is 30.9 Å². The molecule has 2 unspecified atom stereocenters. The third-order valence-corrected chi connectivity index (χ3v) is 8.29. The minimum Gasteiger partial charge on any atom is -0.490 e. The van der Waals surface area contributed by atoms with E-state index < -0.39 is 0 Å². The van der Waals surface area contributed by atoms with Crippen molar-refractivity contribution < 1.29 is 10.6 Å². The summed E-state index contributed by atoms with van der Waals surface area (Å²) in [7, 11) is 1.94. The van der Waals surface area contributed by atoms with Gasteiger partial charge in [-0.2, -0.15) is 0 Å². The van der Waals surface area contributed by atoms with Gasteiger partial charge in [0.05, 0.1) is 23.9 Å². The van der Waals surface area contributed by atoms with Gasteiger partial charge in [-0.05, 0) is 118 Å². The van der Waals surface area contributed by atoms with Crippen molar-refractivity contribution in [3.8, 4) is 5.75 Å². The Morgan fingerprint density at radius 3 is 2.46 bits per heavy atom. The predicted octanol–water partition coefficient (Wildman–Crippen LogP) is 8.43. The summed E-state index contributed by atoms with van der Waals surface area (Å²) in [4.78, 5) is 5.08. The van der Waals surface area contributed by atoms with Gasteiger partial charge in [0.25, 0.3) is 0 Å². The molecule has 3 aromatic rings. The Morgan fingerprint density at radius 1 is 0.976 bits per heavy atom. The number of dihydropyridines is 1. The van der Waals surface area contributed by atoms with Crippen molar-refractivity contribution in [3.05, 3.63) is 112 Å². The highest BCUT2D eigenvalue weighted by Gasteiger charge is 2.29. The van der Waals surface area contributed by atoms with Crippen molar-refractivity contribution in [2.24, 2.45) is 4.99 Å². The van der Waals surface area contributed by atoms with Crippen molar-refractivity contribution in [2.45, 2.75) is 71.6 Å². The van der Waals surface area contributed by atoms with Gasteiger partial charge >= 0.3 is 0 Å². The number of hydrogen-bond donors (Lipinski definition) is 2. The minimum atomic E-state index is -0.343. The van der Waals surface area contributed by atoms with Crippen LogP contribution in [0.5, 0.6) is 5.75 Å². The highest BCUT2D eigenvalue weighted by atomic mass is 19.1. The zero-order chi connectivity index (χ0) is 29.0. The van der Waals surface area contributed by atoms with Gasteiger partial charge < -0.3 is 15.4 Å². The number of aryl methyl sites for hydroxylation is 2. The Labute approximate surface area is 245 Å². The number of nitrogens with one attached hydrogen (secondary N) is 2. The molecule has 0 bridgehead atoms. The fraction of sp³-hybridized carbons (Fsp3) is 0.361. The Morgan fingerprint density at radius 2 is 1.73 bits per heavy atom. The van der Waals surface area contributed by atoms with Crippen LogP contribution >= 0.6 is 0 Å². The zero-order valence-corrected chi connectivity index (χ0v) is 25.0. The summed E-state index contributed by atoms with van der Waals surface area (Å²) in [5.74, 6) is 0.739. The maximum absolute atomic E-state index is 14.1. The topological polar surface area (TPSA) is 45.6 Å². The van der Waals surface area contributed by atoms with Crippen LogP contribution in [0.25, 0.3) is 5.57 Å². The van der Waals surface area contributed by atoms with E-state index in [0.717, 1.165) is 59.5 Å². The summed E-state index contributed by atoms with van der Waals surface area (Å²) >= 11 is 0. The molecule has 0 spiro atoms. The lowest BCUT2D eigenvalue weighted by Gasteiger charge is -2.32. The lowest BCUT2D eigenvalue weighted by molar-refractivity contribution is 0.185. The molecule has 216 valence electrons. The molecule has 1 aliphatic heterocycles. The molecule has 3 aromatic carbocycles. The van der Waals surface area contributed by atoms with E-state index in [4.69, 9.17) is 9.73 Å². The SMILES string of the molecule is CNc1ccc(C2=CC(C)(NCc3ccc(OC4CCC=C(C)CC4)cc3)CN=C2c2ccc(F)c(C)c2)cc1C.[HH]. The number of anilines is 1. The van der Waals surface area contributed by atoms with Gasteiger partial charge in [0.15, 0.2) is 0 Å². The van der Waals surface area contributed by atoms with E-state index in [-0.39, 0.29) is 18.9 Å². The highest BCUT2D eigenvalue weighted by molar-refractivity contribution is 6.32. The molecule has 41 heavy (non-hydrogen) atoms. The van der Waals surface area contributed by atoms with Crippen molar-refractivity contribution in [1.82, 2.24) is 5.32 Å². The molecule has 0 aromatic heterocycles. The van der Waals surface area contributed by atoms with Crippen LogP contribution in [0.15, 0.2) is 83.4 Å². The molecule has 0 saturated carbocycles. The zero-order valence-electron chi connectivity index (χ0n) is 25.0. The van der Waals surface area contributed by atoms with Crippen LogP contribution in [0.1, 0.15) is 68.8 Å². The van der Waals surface area contributed by atoms with Gasteiger partial charge in [-0.25, -0.2) is 4.39 Å². The van der Waals surface area contributed by atoms with Crippen molar-refractivity contribution in [3.63, 3.8) is 0 Å². The number of halogens is 1. The third-order valence-electron chi connectivity index (χ3n) is 8.29. The number of rotatable bonds is 8. The highest BCUT2D eigenvalue weighted by Crippen LogP contribution is 2.31. The van der Waals surface area contributed by atoms with Gasteiger partial charge in [0, 0.05) is 31.8 Å². The molecule has 4 nitrogen and oxygen atoms in total. The van der Waals surface area contributed by atoms with E-state index in [2.05, 4.69) is 86.0 Å². The Hall–Kier alpha value is -3.70. The van der Waals surface area contributed by atoms with Gasteiger partial charge in [-0.1, -0.05) is 35.9 Å². The summed E-state index contributed by atoms with van der Waals surface area (Å²) in [6.45, 7) is 9.62. The van der Waals surface area contributed by atoms with Crippen molar-refractivity contribution in [1.29, 1.82) is 0 Å². The van der Waals surface area contributed by atoms with E-state index in [1.807, 2.05) is 19.2 Å². The first-order valence-electron chi connectivity index (χ1n) is 14.7. The van der Waals surface area contributed by atoms with Crippen molar-refractivity contribution in [2.75, 3.05) is 18.9 Å². The summed E-state index contributed by atoms with van der Waals surface area (Å²) in [6, 6.07) is 20.2. The summed E-state index contributed by atoms with van der Waals surface area (Å²) in [6.07, 6.45) is 9.28. The first kappa shape index (κ1) is 28.8. The molecule has 0 radical (unpaired) electrons. The molecule has 1 heterocycles. The Kier molecular flexibility index (Phi) is 8.74. The van der Waals surface area contributed by atoms with Crippen molar-refractivity contribution >= 4 is 17.0 Å². The minimum absolute atomic E-state index is 0. The van der Waals surface area contributed by atoms with Crippen LogP contribution in [0.4, 0.5) is 10.1 Å². The normalized spacial score (nSPS) is 20.9. The monoisotopic (exact) mass is 553 g/mol. The van der Waals surface area contributed by atoms with E-state index in [1.54, 1.807) is 6.92 Å². The Balaban J connectivity index is 0.00000405. The van der Waals surface area contributed by atoms with Crippen LogP contribution in [0.3, 0.4) is 0 Å². The Bertz CT molecular complexity index is 1490. The van der Waals surface area contributed by atoms with Crippen LogP contribution in [0, 0.1) is 19.7 Å². The van der Waals surface area contributed by atoms with E-state index >= 15 is 0 Å². The van der Waals surface area contributed by atoms with Gasteiger partial charge in [0.1, 0.15) is 11.6 Å². The number of allylic oxidation sites excluding steroid dienone is 3. The average molecular weight is 554 g/mol. The lowest BCUT2D eigenvalue weighted by Crippen LogP contribution is -2.45. The predicted molar refractivity (Wildman–Crippen MR) is 172 cm³/mol. The quantitative estimate of drug-likeness (QED) is 0.275. The molecule has 0 saturated heterocycles. The molecular weight excluding hydrogens is 509 g/mol. The summed E-state index contributed by atoms with van der Waals surface area (Å²) in [5, 5.41) is 7.01. The lowest BCUT2D eigenvalue weighted by atomic mass is 9.86. The first-order chi connectivity index (χ1) is 19.7. The molecular formula is C36H44FN3O. The molecule has 2 aliphatic rings. The number of hydrogen-bond acceptors (Lipinski definition) is 4. The maximum Gasteiger partial charge on any atom is 0.126 e. The van der Waals surface area contributed by atoms with Gasteiger partial charge in [-0.3, -0.25) is 4.99 Å². The van der Waals surface area contributed by atoms with E-state index in [0.29, 0.717) is 18.7 Å². The number of ether oxygens (including phenoxy) is 1. The fourth-order valence-corrected chi connectivity index (χ4v) is 5.69. The average Bonchev–Trinajstić information content (AvgIpc) is 3.17. The standard InChI is InChI=1S/C36H42FN3O.H2/c1-24-7-6-8-30(14-9-24)41-31-15-10-27(11-16-31)22-40-36(4)21-32(28-13-18-34(38-5)26(3)20-28)35(39-23-36)29-12-17-33(37)25(2)19-29;/h7,10-13,15-21,30,38,40H,6,8-9,14,22-23H2,1-5H3;1H. The van der Waals surface area contributed by atoms with Gasteiger partial charge in [0.2, 0.25) is 0 Å². The third kappa shape index (κ3) is 6.97. The number of aliphatic imine (C=N–C) groups is 1. The number of nitrogens with zero attached hydrogens (tertiary/aromatic N) is 1. The molecule has 5 rings (SSSR count). The molecule has 0 fully saturated rings. The van der Waals surface area contributed by atoms with Crippen LogP contribution in [0.2, 0.25) is 0 Å². The maximum atomic E-state index is 14.1. The smallest absolute Gasteiger partial charge is 0.126 e. The molecule has 2 N–H and O–H groups in total. The second kappa shape index (κ2) is 12.4. The van der Waals surface area contributed by atoms with E-state index in [1.165, 1.54) is 22.8 Å². The molecule has 0 amide bonds. The first-order valence-corrected chi connectivity index (χ1v) is 14.7. The van der Waals surface area contributed by atoms with Crippen LogP contribution < -0.4 is 15.4 Å². The summed E-state index contributed by atoms with van der Waals surface area (Å²) in [5.41, 5.74) is 9.20. The second-order valence-electron chi connectivity index (χ2n) is 11.8. The molecule has 2 atom stereocenters.